The van der Waals surface area contributed by atoms with Gasteiger partial charge in [0.1, 0.15) is 0 Å². The number of aliphatic imine (C=N–C) groups is 1. The molecular weight excluding hydrogens is 349 g/mol. The summed E-state index contributed by atoms with van der Waals surface area (Å²) in [7, 11) is 0. The van der Waals surface area contributed by atoms with Gasteiger partial charge in [-0.15, -0.1) is 24.0 Å². The minimum absolute atomic E-state index is 0. The molecule has 2 aliphatic rings. The van der Waals surface area contributed by atoms with Gasteiger partial charge in [-0.05, 0) is 19.1 Å². The highest BCUT2D eigenvalue weighted by Crippen LogP contribution is 2.42. The summed E-state index contributed by atoms with van der Waals surface area (Å²) in [5.41, 5.74) is 6.00. The van der Waals surface area contributed by atoms with Gasteiger partial charge in [0.2, 0.25) is 0 Å². The predicted octanol–water partition coefficient (Wildman–Crippen LogP) is 1.54. The van der Waals surface area contributed by atoms with Crippen molar-refractivity contribution in [2.45, 2.75) is 24.0 Å². The lowest BCUT2D eigenvalue weighted by Crippen LogP contribution is -2.46. The molecule has 2 rings (SSSR count). The first-order valence-electron chi connectivity index (χ1n) is 5.93. The molecule has 6 heteroatoms. The van der Waals surface area contributed by atoms with Crippen molar-refractivity contribution >= 4 is 41.7 Å². The topological polar surface area (TPSA) is 50.8 Å². The number of morpholine rings is 1. The number of nitrogens with zero attached hydrogens (tertiary/aromatic N) is 2. The molecule has 100 valence electrons. The van der Waals surface area contributed by atoms with Crippen molar-refractivity contribution in [3.05, 3.63) is 0 Å². The van der Waals surface area contributed by atoms with Crippen LogP contribution in [0.2, 0.25) is 0 Å². The van der Waals surface area contributed by atoms with Crippen LogP contribution in [0.25, 0.3) is 0 Å². The van der Waals surface area contributed by atoms with Gasteiger partial charge >= 0.3 is 0 Å². The molecule has 1 heterocycles. The fourth-order valence-electron chi connectivity index (χ4n) is 2.12. The molecule has 2 N–H and O–H groups in total. The highest BCUT2D eigenvalue weighted by atomic mass is 127. The smallest absolute Gasteiger partial charge is 0.191 e. The second kappa shape index (κ2) is 7.04. The molecule has 0 amide bonds. The summed E-state index contributed by atoms with van der Waals surface area (Å²) in [6.45, 7) is 4.16. The number of rotatable bonds is 3. The zero-order valence-corrected chi connectivity index (χ0v) is 13.5. The summed E-state index contributed by atoms with van der Waals surface area (Å²) >= 11 is 1.94. The fourth-order valence-corrected chi connectivity index (χ4v) is 3.01. The van der Waals surface area contributed by atoms with Gasteiger partial charge in [0.25, 0.3) is 0 Å². The van der Waals surface area contributed by atoms with E-state index in [0.29, 0.717) is 10.7 Å². The number of guanidine groups is 1. The first-order chi connectivity index (χ1) is 7.76. The number of hydrogen-bond donors (Lipinski definition) is 1. The van der Waals surface area contributed by atoms with E-state index in [4.69, 9.17) is 10.5 Å². The van der Waals surface area contributed by atoms with E-state index in [1.54, 1.807) is 0 Å². The Morgan fingerprint density at radius 3 is 2.53 bits per heavy atom. The number of ether oxygens (including phenoxy) is 1. The van der Waals surface area contributed by atoms with E-state index in [0.717, 1.165) is 32.8 Å². The van der Waals surface area contributed by atoms with Crippen molar-refractivity contribution in [1.29, 1.82) is 0 Å². The lowest BCUT2D eigenvalue weighted by atomic mass is 9.84. The minimum Gasteiger partial charge on any atom is -0.378 e. The quantitative estimate of drug-likeness (QED) is 0.465. The Bertz CT molecular complexity index is 260. The third-order valence-electron chi connectivity index (χ3n) is 3.56. The molecule has 0 radical (unpaired) electrons. The van der Waals surface area contributed by atoms with E-state index in [-0.39, 0.29) is 24.0 Å². The largest absolute Gasteiger partial charge is 0.378 e. The molecule has 1 aliphatic carbocycles. The number of halogens is 1. The van der Waals surface area contributed by atoms with Crippen LogP contribution in [0.3, 0.4) is 0 Å². The number of nitrogens with two attached hydrogens (primary N) is 1. The molecule has 1 aliphatic heterocycles. The fraction of sp³-hybridized carbons (Fsp3) is 0.909. The second-order valence-electron chi connectivity index (χ2n) is 4.51. The zero-order valence-electron chi connectivity index (χ0n) is 10.4. The Hall–Kier alpha value is 0.310. The van der Waals surface area contributed by atoms with Crippen LogP contribution in [0.1, 0.15) is 19.3 Å². The van der Waals surface area contributed by atoms with E-state index in [1.807, 2.05) is 11.8 Å². The van der Waals surface area contributed by atoms with Crippen molar-refractivity contribution in [1.82, 2.24) is 4.90 Å². The maximum absolute atomic E-state index is 6.00. The van der Waals surface area contributed by atoms with E-state index in [9.17, 15) is 0 Å². The van der Waals surface area contributed by atoms with Crippen molar-refractivity contribution in [3.63, 3.8) is 0 Å². The molecule has 4 nitrogen and oxygen atoms in total. The molecule has 0 aromatic carbocycles. The second-order valence-corrected chi connectivity index (χ2v) is 5.79. The van der Waals surface area contributed by atoms with Crippen LogP contribution in [0, 0.1) is 0 Å². The SMILES string of the molecule is CSC1(CN=C(N)N2CCOCC2)CCC1.I. The lowest BCUT2D eigenvalue weighted by molar-refractivity contribution is 0.0673. The van der Waals surface area contributed by atoms with Gasteiger partial charge in [-0.25, -0.2) is 0 Å². The minimum atomic E-state index is 0. The first kappa shape index (κ1) is 15.4. The highest BCUT2D eigenvalue weighted by molar-refractivity contribution is 14.0. The predicted molar refractivity (Wildman–Crippen MR) is 84.4 cm³/mol. The Balaban J connectivity index is 0.00000144. The third kappa shape index (κ3) is 3.89. The van der Waals surface area contributed by atoms with Crippen LogP contribution in [0.5, 0.6) is 0 Å². The molecule has 0 aromatic heterocycles. The molecule has 0 bridgehead atoms. The van der Waals surface area contributed by atoms with E-state index >= 15 is 0 Å². The molecule has 17 heavy (non-hydrogen) atoms. The first-order valence-corrected chi connectivity index (χ1v) is 7.16. The van der Waals surface area contributed by atoms with Gasteiger partial charge in [0.15, 0.2) is 5.96 Å². The lowest BCUT2D eigenvalue weighted by Gasteiger charge is -2.39. The third-order valence-corrected chi connectivity index (χ3v) is 4.97. The molecular formula is C11H22IN3OS. The monoisotopic (exact) mass is 371 g/mol. The summed E-state index contributed by atoms with van der Waals surface area (Å²) in [6, 6.07) is 0. The van der Waals surface area contributed by atoms with Crippen LogP contribution >= 0.6 is 35.7 Å². The Morgan fingerprint density at radius 1 is 1.41 bits per heavy atom. The van der Waals surface area contributed by atoms with Gasteiger partial charge in [-0.3, -0.25) is 4.99 Å². The van der Waals surface area contributed by atoms with Gasteiger partial charge < -0.3 is 15.4 Å². The van der Waals surface area contributed by atoms with Gasteiger partial charge in [0, 0.05) is 17.8 Å². The molecule has 1 saturated heterocycles. The number of hydrogen-bond acceptors (Lipinski definition) is 3. The summed E-state index contributed by atoms with van der Waals surface area (Å²) in [5, 5.41) is 0. The Kier molecular flexibility index (Phi) is 6.36. The standard InChI is InChI=1S/C11H21N3OS.HI/c1-16-11(3-2-4-11)9-13-10(12)14-5-7-15-8-6-14;/h2-9H2,1H3,(H2,12,13);1H. The molecule has 0 aromatic rings. The average molecular weight is 371 g/mol. The zero-order chi connectivity index (χ0) is 11.4. The van der Waals surface area contributed by atoms with Crippen LogP contribution in [0.4, 0.5) is 0 Å². The van der Waals surface area contributed by atoms with E-state index in [1.165, 1.54) is 19.3 Å². The average Bonchev–Trinajstić information content (AvgIpc) is 2.29. The molecule has 0 atom stereocenters. The maximum atomic E-state index is 6.00. The maximum Gasteiger partial charge on any atom is 0.191 e. The molecule has 0 unspecified atom stereocenters. The number of thioether (sulfide) groups is 1. The van der Waals surface area contributed by atoms with Crippen LogP contribution < -0.4 is 5.73 Å². The van der Waals surface area contributed by atoms with E-state index in [2.05, 4.69) is 16.1 Å². The van der Waals surface area contributed by atoms with Crippen LogP contribution in [0.15, 0.2) is 4.99 Å². The van der Waals surface area contributed by atoms with Crippen molar-refractivity contribution in [3.8, 4) is 0 Å². The van der Waals surface area contributed by atoms with Crippen molar-refractivity contribution < 1.29 is 4.74 Å². The van der Waals surface area contributed by atoms with Crippen LogP contribution in [-0.4, -0.2) is 54.7 Å². The van der Waals surface area contributed by atoms with Crippen molar-refractivity contribution in [2.24, 2.45) is 10.7 Å². The van der Waals surface area contributed by atoms with Gasteiger partial charge in [-0.1, -0.05) is 6.42 Å². The Morgan fingerprint density at radius 2 is 2.06 bits per heavy atom. The van der Waals surface area contributed by atoms with E-state index < -0.39 is 0 Å². The molecule has 1 saturated carbocycles. The normalized spacial score (nSPS) is 23.8. The molecule has 0 spiro atoms. The summed E-state index contributed by atoms with van der Waals surface area (Å²) < 4.78 is 5.68. The summed E-state index contributed by atoms with van der Waals surface area (Å²) in [5.74, 6) is 0.698. The summed E-state index contributed by atoms with van der Waals surface area (Å²) in [6.07, 6.45) is 6.09. The Labute approximate surface area is 125 Å². The van der Waals surface area contributed by atoms with Gasteiger partial charge in [0.05, 0.1) is 19.8 Å². The van der Waals surface area contributed by atoms with Crippen LogP contribution in [-0.2, 0) is 4.74 Å². The van der Waals surface area contributed by atoms with Gasteiger partial charge in [-0.2, -0.15) is 11.8 Å². The van der Waals surface area contributed by atoms with Crippen molar-refractivity contribution in [2.75, 3.05) is 39.1 Å². The highest BCUT2D eigenvalue weighted by Gasteiger charge is 2.36. The molecule has 2 fully saturated rings. The summed E-state index contributed by atoms with van der Waals surface area (Å²) in [4.78, 5) is 6.68.